The second-order valence-corrected chi connectivity index (χ2v) is 7.79. The normalized spacial score (nSPS) is 13.6. The van der Waals surface area contributed by atoms with E-state index in [1.807, 2.05) is 41.5 Å². The monoisotopic (exact) mass is 402 g/mol. The minimum Gasteiger partial charge on any atom is -0.462 e. The summed E-state index contributed by atoms with van der Waals surface area (Å²) < 4.78 is 5.24. The van der Waals surface area contributed by atoms with Gasteiger partial charge < -0.3 is 15.2 Å². The van der Waals surface area contributed by atoms with Crippen LogP contribution < -0.4 is 5.32 Å². The predicted molar refractivity (Wildman–Crippen MR) is 111 cm³/mol. The number of thiophene rings is 1. The highest BCUT2D eigenvalue weighted by Crippen LogP contribution is 2.36. The number of esters is 1. The molecule has 0 unspecified atom stereocenters. The molecule has 1 saturated carbocycles. The first-order valence-corrected chi connectivity index (χ1v) is 10.4. The van der Waals surface area contributed by atoms with Crippen LogP contribution in [0.15, 0.2) is 29.6 Å². The van der Waals surface area contributed by atoms with Gasteiger partial charge in [0.05, 0.1) is 19.8 Å². The molecule has 1 fully saturated rings. The number of carbonyl (C=O) groups is 2. The van der Waals surface area contributed by atoms with Crippen molar-refractivity contribution < 1.29 is 19.4 Å². The Balaban J connectivity index is 1.82. The van der Waals surface area contributed by atoms with E-state index >= 15 is 0 Å². The van der Waals surface area contributed by atoms with Gasteiger partial charge in [-0.05, 0) is 32.3 Å². The molecule has 0 atom stereocenters. The molecule has 150 valence electrons. The Morgan fingerprint density at radius 3 is 2.61 bits per heavy atom. The van der Waals surface area contributed by atoms with E-state index in [1.165, 1.54) is 11.3 Å². The fourth-order valence-electron chi connectivity index (χ4n) is 3.11. The maximum Gasteiger partial charge on any atom is 0.341 e. The summed E-state index contributed by atoms with van der Waals surface area (Å²) in [5.41, 5.74) is 3.19. The number of aryl methyl sites for hydroxylation is 1. The largest absolute Gasteiger partial charge is 0.462 e. The first-order chi connectivity index (χ1) is 13.5. The van der Waals surface area contributed by atoms with Crippen LogP contribution in [0, 0.1) is 6.92 Å². The van der Waals surface area contributed by atoms with Crippen LogP contribution in [0.5, 0.6) is 0 Å². The number of benzene rings is 1. The Bertz CT molecular complexity index is 827. The molecule has 1 amide bonds. The SMILES string of the molecule is CCOC(=O)c1c(-c2ccc(C)cc2)csc1NC(=O)CN(CCO)C1CC1. The Labute approximate surface area is 169 Å². The molecule has 2 N–H and O–H groups in total. The predicted octanol–water partition coefficient (Wildman–Crippen LogP) is 3.30. The van der Waals surface area contributed by atoms with E-state index in [9.17, 15) is 14.7 Å². The number of nitrogens with zero attached hydrogens (tertiary/aromatic N) is 1. The first kappa shape index (κ1) is 20.5. The van der Waals surface area contributed by atoms with Crippen molar-refractivity contribution in [3.63, 3.8) is 0 Å². The molecule has 2 aromatic rings. The third kappa shape index (κ3) is 4.98. The van der Waals surface area contributed by atoms with Gasteiger partial charge in [0.15, 0.2) is 0 Å². The van der Waals surface area contributed by atoms with Crippen LogP contribution in [0.4, 0.5) is 5.00 Å². The fraction of sp³-hybridized carbons (Fsp3) is 0.429. The number of rotatable bonds is 9. The van der Waals surface area contributed by atoms with E-state index < -0.39 is 5.97 Å². The lowest BCUT2D eigenvalue weighted by atomic mass is 10.0. The summed E-state index contributed by atoms with van der Waals surface area (Å²) in [4.78, 5) is 27.2. The molecule has 1 aliphatic rings. The highest BCUT2D eigenvalue weighted by molar-refractivity contribution is 7.15. The smallest absolute Gasteiger partial charge is 0.341 e. The molecule has 7 heteroatoms. The van der Waals surface area contributed by atoms with Crippen LogP contribution in [-0.4, -0.2) is 54.2 Å². The lowest BCUT2D eigenvalue weighted by molar-refractivity contribution is -0.117. The molecule has 0 aliphatic heterocycles. The van der Waals surface area contributed by atoms with Crippen molar-refractivity contribution in [3.05, 3.63) is 40.8 Å². The minimum absolute atomic E-state index is 0.0223. The molecule has 3 rings (SSSR count). The number of nitrogens with one attached hydrogen (secondary N) is 1. The highest BCUT2D eigenvalue weighted by Gasteiger charge is 2.30. The summed E-state index contributed by atoms with van der Waals surface area (Å²) in [5, 5.41) is 14.5. The molecule has 0 radical (unpaired) electrons. The number of anilines is 1. The second-order valence-electron chi connectivity index (χ2n) is 6.91. The summed E-state index contributed by atoms with van der Waals surface area (Å²) in [7, 11) is 0. The van der Waals surface area contributed by atoms with E-state index in [0.29, 0.717) is 23.2 Å². The Morgan fingerprint density at radius 1 is 1.29 bits per heavy atom. The molecular weight excluding hydrogens is 376 g/mol. The van der Waals surface area contributed by atoms with Gasteiger partial charge in [0.1, 0.15) is 10.6 Å². The molecule has 0 spiro atoms. The van der Waals surface area contributed by atoms with Gasteiger partial charge in [0.25, 0.3) is 0 Å². The van der Waals surface area contributed by atoms with Gasteiger partial charge in [0.2, 0.25) is 5.91 Å². The maximum atomic E-state index is 12.6. The van der Waals surface area contributed by atoms with Crippen molar-refractivity contribution in [3.8, 4) is 11.1 Å². The number of carbonyl (C=O) groups excluding carboxylic acids is 2. The fourth-order valence-corrected chi connectivity index (χ4v) is 4.08. The first-order valence-electron chi connectivity index (χ1n) is 9.53. The van der Waals surface area contributed by atoms with Crippen LogP contribution in [0.1, 0.15) is 35.7 Å². The molecule has 1 aliphatic carbocycles. The summed E-state index contributed by atoms with van der Waals surface area (Å²) in [6.45, 7) is 4.73. The van der Waals surface area contributed by atoms with Crippen molar-refractivity contribution in [2.24, 2.45) is 0 Å². The molecule has 1 aromatic carbocycles. The molecule has 6 nitrogen and oxygen atoms in total. The van der Waals surface area contributed by atoms with E-state index in [4.69, 9.17) is 4.74 Å². The van der Waals surface area contributed by atoms with Gasteiger partial charge >= 0.3 is 5.97 Å². The standard InChI is InChI=1S/C21H26N2O4S/c1-3-27-21(26)19-17(15-6-4-14(2)5-7-15)13-28-20(19)22-18(25)12-23(10-11-24)16-8-9-16/h4-7,13,16,24H,3,8-12H2,1-2H3,(H,22,25). The Hall–Kier alpha value is -2.22. The number of ether oxygens (including phenoxy) is 1. The van der Waals surface area contributed by atoms with Gasteiger partial charge in [-0.1, -0.05) is 29.8 Å². The Kier molecular flexibility index (Phi) is 6.83. The number of aliphatic hydroxyl groups is 1. The van der Waals surface area contributed by atoms with Gasteiger partial charge in [-0.15, -0.1) is 11.3 Å². The second kappa shape index (κ2) is 9.32. The van der Waals surface area contributed by atoms with E-state index in [2.05, 4.69) is 5.32 Å². The summed E-state index contributed by atoms with van der Waals surface area (Å²) in [5.74, 6) is -0.632. The number of hydrogen-bond acceptors (Lipinski definition) is 6. The van der Waals surface area contributed by atoms with Crippen LogP contribution >= 0.6 is 11.3 Å². The van der Waals surface area contributed by atoms with Crippen LogP contribution in [-0.2, 0) is 9.53 Å². The van der Waals surface area contributed by atoms with Crippen molar-refractivity contribution in [1.82, 2.24) is 4.90 Å². The number of amides is 1. The van der Waals surface area contributed by atoms with E-state index in [1.54, 1.807) is 6.92 Å². The van der Waals surface area contributed by atoms with Crippen LogP contribution in [0.2, 0.25) is 0 Å². The molecule has 0 bridgehead atoms. The molecule has 1 heterocycles. The summed E-state index contributed by atoms with van der Waals surface area (Å²) in [6.07, 6.45) is 2.11. The zero-order chi connectivity index (χ0) is 20.1. The quantitative estimate of drug-likeness (QED) is 0.629. The Morgan fingerprint density at radius 2 is 2.00 bits per heavy atom. The lowest BCUT2D eigenvalue weighted by Gasteiger charge is -2.20. The van der Waals surface area contributed by atoms with Crippen molar-refractivity contribution in [2.75, 3.05) is 31.6 Å². The average Bonchev–Trinajstić information content (AvgIpc) is 3.43. The van der Waals surface area contributed by atoms with Crippen molar-refractivity contribution >= 4 is 28.2 Å². The molecular formula is C21H26N2O4S. The number of hydrogen-bond donors (Lipinski definition) is 2. The zero-order valence-corrected chi connectivity index (χ0v) is 17.1. The van der Waals surface area contributed by atoms with E-state index in [0.717, 1.165) is 29.5 Å². The minimum atomic E-state index is -0.441. The lowest BCUT2D eigenvalue weighted by Crippen LogP contribution is -2.36. The summed E-state index contributed by atoms with van der Waals surface area (Å²) in [6, 6.07) is 8.27. The van der Waals surface area contributed by atoms with E-state index in [-0.39, 0.29) is 25.7 Å². The topological polar surface area (TPSA) is 78.9 Å². The van der Waals surface area contributed by atoms with Crippen LogP contribution in [0.3, 0.4) is 0 Å². The van der Waals surface area contributed by atoms with Crippen molar-refractivity contribution in [1.29, 1.82) is 0 Å². The summed E-state index contributed by atoms with van der Waals surface area (Å²) >= 11 is 1.32. The highest BCUT2D eigenvalue weighted by atomic mass is 32.1. The average molecular weight is 403 g/mol. The molecule has 28 heavy (non-hydrogen) atoms. The van der Waals surface area contributed by atoms with Crippen molar-refractivity contribution in [2.45, 2.75) is 32.7 Å². The van der Waals surface area contributed by atoms with Gasteiger partial charge in [0, 0.05) is 23.5 Å². The van der Waals surface area contributed by atoms with Gasteiger partial charge in [-0.2, -0.15) is 0 Å². The van der Waals surface area contributed by atoms with Gasteiger partial charge in [-0.3, -0.25) is 9.69 Å². The van der Waals surface area contributed by atoms with Crippen LogP contribution in [0.25, 0.3) is 11.1 Å². The third-order valence-electron chi connectivity index (χ3n) is 4.68. The third-order valence-corrected chi connectivity index (χ3v) is 5.58. The molecule has 0 saturated heterocycles. The molecule has 1 aromatic heterocycles. The number of aliphatic hydroxyl groups excluding tert-OH is 1. The maximum absolute atomic E-state index is 12.6. The zero-order valence-electron chi connectivity index (χ0n) is 16.2. The van der Waals surface area contributed by atoms with Gasteiger partial charge in [-0.25, -0.2) is 4.79 Å².